The van der Waals surface area contributed by atoms with E-state index >= 15 is 0 Å². The average Bonchev–Trinajstić information content (AvgIpc) is 3.27. The van der Waals surface area contributed by atoms with E-state index in [4.69, 9.17) is 0 Å². The predicted octanol–water partition coefficient (Wildman–Crippen LogP) is 1.61. The van der Waals surface area contributed by atoms with Crippen LogP contribution in [0.4, 0.5) is 0 Å². The highest BCUT2D eigenvalue weighted by Crippen LogP contribution is 2.31. The first-order valence-electron chi connectivity index (χ1n) is 8.38. The van der Waals surface area contributed by atoms with Crippen molar-refractivity contribution in [2.24, 2.45) is 5.92 Å². The molecule has 2 aliphatic rings. The van der Waals surface area contributed by atoms with E-state index in [0.29, 0.717) is 31.8 Å². The largest absolute Gasteiger partial charge is 0.336 e. The third-order valence-electron chi connectivity index (χ3n) is 4.65. The van der Waals surface area contributed by atoms with Crippen LogP contribution in [-0.2, 0) is 30.6 Å². The van der Waals surface area contributed by atoms with Crippen molar-refractivity contribution in [3.8, 4) is 0 Å². The fourth-order valence-electron chi connectivity index (χ4n) is 3.15. The molecule has 7 heteroatoms. The zero-order chi connectivity index (χ0) is 16.7. The van der Waals surface area contributed by atoms with Gasteiger partial charge in [-0.1, -0.05) is 0 Å². The van der Waals surface area contributed by atoms with E-state index < -0.39 is 0 Å². The first-order chi connectivity index (χ1) is 11.6. The van der Waals surface area contributed by atoms with Gasteiger partial charge in [-0.05, 0) is 32.1 Å². The van der Waals surface area contributed by atoms with Crippen molar-refractivity contribution in [1.82, 2.24) is 19.9 Å². The molecule has 6 nitrogen and oxygen atoms in total. The number of aromatic amines is 1. The maximum Gasteiger partial charge on any atom is 0.254 e. The summed E-state index contributed by atoms with van der Waals surface area (Å²) in [4.78, 5) is 38.5. The molecular weight excluding hydrogens is 324 g/mol. The Morgan fingerprint density at radius 3 is 2.96 bits per heavy atom. The van der Waals surface area contributed by atoms with Crippen LogP contribution in [0.15, 0.2) is 10.2 Å². The molecule has 1 N–H and O–H groups in total. The summed E-state index contributed by atoms with van der Waals surface area (Å²) in [5.41, 5.74) is 2.30. The minimum absolute atomic E-state index is 0.0297. The Labute approximate surface area is 144 Å². The maximum atomic E-state index is 12.5. The van der Waals surface area contributed by atoms with Gasteiger partial charge in [0, 0.05) is 23.9 Å². The summed E-state index contributed by atoms with van der Waals surface area (Å²) in [6.07, 6.45) is 4.17. The molecule has 0 radical (unpaired) electrons. The molecule has 0 atom stereocenters. The lowest BCUT2D eigenvalue weighted by atomic mass is 10.1. The van der Waals surface area contributed by atoms with Gasteiger partial charge in [0.25, 0.3) is 5.56 Å². The SMILES string of the molecule is Cc1nc(CC(=O)N2CCc3c(nc(CC4CC4)[nH]c3=O)C2)cs1. The zero-order valence-corrected chi connectivity index (χ0v) is 14.5. The number of thiazole rings is 1. The summed E-state index contributed by atoms with van der Waals surface area (Å²) in [6.45, 7) is 2.94. The third kappa shape index (κ3) is 3.26. The van der Waals surface area contributed by atoms with Crippen LogP contribution in [0.3, 0.4) is 0 Å². The molecule has 1 saturated carbocycles. The van der Waals surface area contributed by atoms with Crippen LogP contribution in [0.1, 0.15) is 40.6 Å². The molecule has 1 fully saturated rings. The van der Waals surface area contributed by atoms with Crippen LogP contribution in [0.5, 0.6) is 0 Å². The van der Waals surface area contributed by atoms with Crippen molar-refractivity contribution >= 4 is 17.2 Å². The number of hydrogen-bond donors (Lipinski definition) is 1. The molecule has 0 saturated heterocycles. The Kier molecular flexibility index (Phi) is 3.96. The molecule has 1 amide bonds. The predicted molar refractivity (Wildman–Crippen MR) is 91.0 cm³/mol. The van der Waals surface area contributed by atoms with Gasteiger partial charge in [0.1, 0.15) is 5.82 Å². The second-order valence-electron chi connectivity index (χ2n) is 6.69. The molecule has 24 heavy (non-hydrogen) atoms. The monoisotopic (exact) mass is 344 g/mol. The lowest BCUT2D eigenvalue weighted by Crippen LogP contribution is -2.40. The van der Waals surface area contributed by atoms with Crippen LogP contribution in [0, 0.1) is 12.8 Å². The number of amides is 1. The fraction of sp³-hybridized carbons (Fsp3) is 0.529. The Balaban J connectivity index is 1.50. The van der Waals surface area contributed by atoms with E-state index in [-0.39, 0.29) is 11.5 Å². The third-order valence-corrected chi connectivity index (χ3v) is 5.48. The quantitative estimate of drug-likeness (QED) is 0.914. The van der Waals surface area contributed by atoms with Gasteiger partial charge in [0.15, 0.2) is 0 Å². The first-order valence-corrected chi connectivity index (χ1v) is 9.26. The number of carbonyl (C=O) groups excluding carboxylic acids is 1. The molecule has 2 aromatic heterocycles. The number of aromatic nitrogens is 3. The summed E-state index contributed by atoms with van der Waals surface area (Å²) in [7, 11) is 0. The Bertz CT molecular complexity index is 837. The van der Waals surface area contributed by atoms with Gasteiger partial charge in [-0.3, -0.25) is 9.59 Å². The van der Waals surface area contributed by atoms with Crippen molar-refractivity contribution in [1.29, 1.82) is 0 Å². The smallest absolute Gasteiger partial charge is 0.254 e. The Morgan fingerprint density at radius 1 is 1.42 bits per heavy atom. The normalized spacial score (nSPS) is 17.0. The first kappa shape index (κ1) is 15.5. The summed E-state index contributed by atoms with van der Waals surface area (Å²) < 4.78 is 0. The topological polar surface area (TPSA) is 79.0 Å². The summed E-state index contributed by atoms with van der Waals surface area (Å²) in [5, 5.41) is 2.90. The fourth-order valence-corrected chi connectivity index (χ4v) is 3.76. The molecule has 0 bridgehead atoms. The summed E-state index contributed by atoms with van der Waals surface area (Å²) in [6, 6.07) is 0. The Morgan fingerprint density at radius 2 is 2.25 bits per heavy atom. The van der Waals surface area contributed by atoms with Crippen molar-refractivity contribution in [2.75, 3.05) is 6.54 Å². The van der Waals surface area contributed by atoms with Gasteiger partial charge in [0.2, 0.25) is 5.91 Å². The molecule has 0 aromatic carbocycles. The number of nitrogens with zero attached hydrogens (tertiary/aromatic N) is 3. The van der Waals surface area contributed by atoms with Crippen molar-refractivity contribution in [2.45, 2.75) is 45.6 Å². The molecule has 2 aromatic rings. The number of hydrogen-bond acceptors (Lipinski definition) is 5. The minimum Gasteiger partial charge on any atom is -0.336 e. The zero-order valence-electron chi connectivity index (χ0n) is 13.7. The lowest BCUT2D eigenvalue weighted by molar-refractivity contribution is -0.131. The van der Waals surface area contributed by atoms with Crippen molar-refractivity contribution < 1.29 is 4.79 Å². The summed E-state index contributed by atoms with van der Waals surface area (Å²) in [5.74, 6) is 1.49. The van der Waals surface area contributed by atoms with Gasteiger partial charge in [-0.2, -0.15) is 0 Å². The molecule has 0 spiro atoms. The number of nitrogens with one attached hydrogen (secondary N) is 1. The minimum atomic E-state index is -0.0297. The number of carbonyl (C=O) groups is 1. The van der Waals surface area contributed by atoms with Crippen molar-refractivity contribution in [3.63, 3.8) is 0 Å². The molecular formula is C17H20N4O2S. The highest BCUT2D eigenvalue weighted by Gasteiger charge is 2.27. The average molecular weight is 344 g/mol. The van der Waals surface area contributed by atoms with Crippen LogP contribution in [-0.4, -0.2) is 32.3 Å². The van der Waals surface area contributed by atoms with E-state index in [1.54, 1.807) is 16.2 Å². The van der Waals surface area contributed by atoms with E-state index in [9.17, 15) is 9.59 Å². The molecule has 0 unspecified atom stereocenters. The molecule has 1 aliphatic heterocycles. The second kappa shape index (κ2) is 6.12. The van der Waals surface area contributed by atoms with E-state index in [2.05, 4.69) is 15.0 Å². The second-order valence-corrected chi connectivity index (χ2v) is 7.75. The van der Waals surface area contributed by atoms with Crippen LogP contribution < -0.4 is 5.56 Å². The number of rotatable bonds is 4. The maximum absolute atomic E-state index is 12.5. The van der Waals surface area contributed by atoms with E-state index in [1.807, 2.05) is 12.3 Å². The molecule has 1 aliphatic carbocycles. The van der Waals surface area contributed by atoms with E-state index in [1.165, 1.54) is 12.8 Å². The van der Waals surface area contributed by atoms with Gasteiger partial charge in [-0.15, -0.1) is 11.3 Å². The van der Waals surface area contributed by atoms with E-state index in [0.717, 1.165) is 34.2 Å². The molecule has 4 rings (SSSR count). The highest BCUT2D eigenvalue weighted by atomic mass is 32.1. The standard InChI is InChI=1S/C17H20N4O2S/c1-10-18-12(9-24-10)7-16(22)21-5-4-13-14(8-21)19-15(20-17(13)23)6-11-2-3-11/h9,11H,2-8H2,1H3,(H,19,20,23). The van der Waals surface area contributed by atoms with Crippen LogP contribution >= 0.6 is 11.3 Å². The van der Waals surface area contributed by atoms with Gasteiger partial charge >= 0.3 is 0 Å². The lowest BCUT2D eigenvalue weighted by Gasteiger charge is -2.27. The van der Waals surface area contributed by atoms with Crippen molar-refractivity contribution in [3.05, 3.63) is 43.5 Å². The van der Waals surface area contributed by atoms with Crippen LogP contribution in [0.2, 0.25) is 0 Å². The van der Waals surface area contributed by atoms with Gasteiger partial charge < -0.3 is 9.88 Å². The molecule has 3 heterocycles. The van der Waals surface area contributed by atoms with Crippen LogP contribution in [0.25, 0.3) is 0 Å². The van der Waals surface area contributed by atoms with Gasteiger partial charge in [-0.25, -0.2) is 9.97 Å². The van der Waals surface area contributed by atoms with Gasteiger partial charge in [0.05, 0.1) is 29.4 Å². The number of fused-ring (bicyclic) bond motifs is 1. The highest BCUT2D eigenvalue weighted by molar-refractivity contribution is 7.09. The molecule has 126 valence electrons. The number of H-pyrrole nitrogens is 1. The number of aryl methyl sites for hydroxylation is 1. The Hall–Kier alpha value is -2.02. The summed E-state index contributed by atoms with van der Waals surface area (Å²) >= 11 is 1.56.